The molecule has 2 atom stereocenters. The number of ether oxygens (including phenoxy) is 1. The van der Waals surface area contributed by atoms with Crippen LogP contribution < -0.4 is 10.6 Å². The highest BCUT2D eigenvalue weighted by molar-refractivity contribution is 5.91. The molecule has 1 aliphatic rings. The molecule has 2 amide bonds. The second kappa shape index (κ2) is 9.91. The van der Waals surface area contributed by atoms with Crippen LogP contribution in [0.25, 0.3) is 16.9 Å². The summed E-state index contributed by atoms with van der Waals surface area (Å²) in [7, 11) is 1.73. The van der Waals surface area contributed by atoms with Gasteiger partial charge in [0.05, 0.1) is 5.69 Å². The van der Waals surface area contributed by atoms with Crippen LogP contribution in [0.2, 0.25) is 0 Å². The lowest BCUT2D eigenvalue weighted by Gasteiger charge is -2.15. The summed E-state index contributed by atoms with van der Waals surface area (Å²) >= 11 is 0. The summed E-state index contributed by atoms with van der Waals surface area (Å²) in [5.41, 5.74) is 3.28. The van der Waals surface area contributed by atoms with Gasteiger partial charge in [-0.2, -0.15) is 5.10 Å². The third-order valence-electron chi connectivity index (χ3n) is 6.02. The zero-order valence-electron chi connectivity index (χ0n) is 18.8. The predicted octanol–water partition coefficient (Wildman–Crippen LogP) is 4.27. The number of benzene rings is 1. The lowest BCUT2D eigenvalue weighted by Crippen LogP contribution is -2.37. The van der Waals surface area contributed by atoms with E-state index in [-0.39, 0.29) is 12.1 Å². The van der Waals surface area contributed by atoms with E-state index >= 15 is 0 Å². The Morgan fingerprint density at radius 1 is 1.16 bits per heavy atom. The van der Waals surface area contributed by atoms with Gasteiger partial charge in [0.1, 0.15) is 17.3 Å². The Hall–Kier alpha value is -3.26. The average Bonchev–Trinajstić information content (AvgIpc) is 3.38. The van der Waals surface area contributed by atoms with Crippen molar-refractivity contribution in [1.29, 1.82) is 0 Å². The van der Waals surface area contributed by atoms with Crippen molar-refractivity contribution in [2.75, 3.05) is 19.0 Å². The van der Waals surface area contributed by atoms with Crippen LogP contribution in [0.5, 0.6) is 0 Å². The van der Waals surface area contributed by atoms with Gasteiger partial charge in [0.15, 0.2) is 0 Å². The maximum Gasteiger partial charge on any atom is 0.320 e. The van der Waals surface area contributed by atoms with Gasteiger partial charge in [-0.25, -0.2) is 19.4 Å². The number of carbonyl (C=O) groups is 1. The van der Waals surface area contributed by atoms with Crippen molar-refractivity contribution >= 4 is 11.8 Å². The molecule has 4 rings (SSSR count). The van der Waals surface area contributed by atoms with Crippen molar-refractivity contribution in [3.05, 3.63) is 54.1 Å². The van der Waals surface area contributed by atoms with Crippen LogP contribution in [-0.2, 0) is 4.74 Å². The van der Waals surface area contributed by atoms with E-state index in [1.807, 2.05) is 44.2 Å². The quantitative estimate of drug-likeness (QED) is 0.579. The molecule has 0 bridgehead atoms. The Labute approximate surface area is 188 Å². The van der Waals surface area contributed by atoms with E-state index in [0.29, 0.717) is 17.6 Å². The summed E-state index contributed by atoms with van der Waals surface area (Å²) in [5.74, 6) is 1.94. The third kappa shape index (κ3) is 4.96. The van der Waals surface area contributed by atoms with Crippen molar-refractivity contribution in [3.63, 3.8) is 0 Å². The first-order chi connectivity index (χ1) is 15.5. The molecule has 168 valence electrons. The smallest absolute Gasteiger partial charge is 0.320 e. The van der Waals surface area contributed by atoms with Crippen LogP contribution in [0, 0.1) is 19.8 Å². The number of aryl methyl sites for hydroxylation is 1. The summed E-state index contributed by atoms with van der Waals surface area (Å²) in [6.45, 7) is 4.57. The van der Waals surface area contributed by atoms with E-state index in [0.717, 1.165) is 54.8 Å². The molecule has 8 nitrogen and oxygen atoms in total. The fourth-order valence-corrected chi connectivity index (χ4v) is 4.27. The minimum atomic E-state index is -0.214. The topological polar surface area (TPSA) is 94.0 Å². The summed E-state index contributed by atoms with van der Waals surface area (Å²) < 4.78 is 6.96. The maximum absolute atomic E-state index is 12.9. The van der Waals surface area contributed by atoms with Gasteiger partial charge >= 0.3 is 6.03 Å². The van der Waals surface area contributed by atoms with Crippen molar-refractivity contribution < 1.29 is 9.53 Å². The number of nitrogens with zero attached hydrogens (tertiary/aromatic N) is 4. The molecular formula is C24H30N6O2. The molecule has 2 aromatic heterocycles. The van der Waals surface area contributed by atoms with E-state index in [4.69, 9.17) is 9.84 Å². The van der Waals surface area contributed by atoms with Gasteiger partial charge in [0.2, 0.25) is 0 Å². The minimum Gasteiger partial charge on any atom is -0.385 e. The highest BCUT2D eigenvalue weighted by Gasteiger charge is 2.26. The monoisotopic (exact) mass is 434 g/mol. The zero-order valence-corrected chi connectivity index (χ0v) is 18.8. The van der Waals surface area contributed by atoms with Gasteiger partial charge in [-0.3, -0.25) is 5.32 Å². The molecule has 1 fully saturated rings. The van der Waals surface area contributed by atoms with Crippen LogP contribution in [-0.4, -0.2) is 45.5 Å². The number of hydrogen-bond acceptors (Lipinski definition) is 5. The SMILES string of the molecule is COCC[C@H]1CC[C@H](NC(=O)Nc2c(C)c(-c3cnc(C)nc3)nn2-c2ccccc2)C1. The molecule has 0 unspecified atom stereocenters. The predicted molar refractivity (Wildman–Crippen MR) is 124 cm³/mol. The Balaban J connectivity index is 1.55. The molecule has 1 aliphatic carbocycles. The largest absolute Gasteiger partial charge is 0.385 e. The van der Waals surface area contributed by atoms with Crippen molar-refractivity contribution in [3.8, 4) is 16.9 Å². The van der Waals surface area contributed by atoms with Gasteiger partial charge < -0.3 is 10.1 Å². The molecule has 2 heterocycles. The summed E-state index contributed by atoms with van der Waals surface area (Å²) in [6.07, 6.45) is 7.65. The van der Waals surface area contributed by atoms with Crippen molar-refractivity contribution in [1.82, 2.24) is 25.1 Å². The summed E-state index contributed by atoms with van der Waals surface area (Å²) in [4.78, 5) is 21.5. The lowest BCUT2D eigenvalue weighted by atomic mass is 10.0. The van der Waals surface area contributed by atoms with E-state index < -0.39 is 0 Å². The third-order valence-corrected chi connectivity index (χ3v) is 6.02. The van der Waals surface area contributed by atoms with Crippen LogP contribution in [0.15, 0.2) is 42.7 Å². The average molecular weight is 435 g/mol. The number of para-hydroxylation sites is 1. The first-order valence-electron chi connectivity index (χ1n) is 11.1. The molecule has 3 aromatic rings. The van der Waals surface area contributed by atoms with Crippen molar-refractivity contribution in [2.45, 2.75) is 45.6 Å². The van der Waals surface area contributed by atoms with Gasteiger partial charge in [0.25, 0.3) is 0 Å². The number of urea groups is 1. The Kier molecular flexibility index (Phi) is 6.80. The zero-order chi connectivity index (χ0) is 22.5. The normalized spacial score (nSPS) is 18.0. The Morgan fingerprint density at radius 2 is 1.91 bits per heavy atom. The standard InChI is InChI=1S/C24H30N6O2/c1-16-22(19-14-25-17(2)26-15-19)29-30(21-7-5-4-6-8-21)23(16)28-24(31)27-20-10-9-18(13-20)11-12-32-3/h4-8,14-15,18,20H,9-13H2,1-3H3,(H2,27,28,31)/t18-,20+/m1/s1. The molecule has 1 aromatic carbocycles. The molecule has 0 aliphatic heterocycles. The number of anilines is 1. The lowest BCUT2D eigenvalue weighted by molar-refractivity contribution is 0.177. The van der Waals surface area contributed by atoms with E-state index in [1.54, 1.807) is 24.2 Å². The maximum atomic E-state index is 12.9. The van der Waals surface area contributed by atoms with E-state index in [2.05, 4.69) is 20.6 Å². The summed E-state index contributed by atoms with van der Waals surface area (Å²) in [6, 6.07) is 9.73. The second-order valence-corrected chi connectivity index (χ2v) is 8.34. The number of rotatable bonds is 7. The minimum absolute atomic E-state index is 0.176. The fourth-order valence-electron chi connectivity index (χ4n) is 4.27. The Bertz CT molecular complexity index is 1050. The van der Waals surface area contributed by atoms with Gasteiger partial charge in [-0.15, -0.1) is 0 Å². The number of amides is 2. The van der Waals surface area contributed by atoms with Crippen LogP contribution >= 0.6 is 0 Å². The number of hydrogen-bond donors (Lipinski definition) is 2. The van der Waals surface area contributed by atoms with Crippen LogP contribution in [0.4, 0.5) is 10.6 Å². The molecule has 0 radical (unpaired) electrons. The van der Waals surface area contributed by atoms with Crippen LogP contribution in [0.1, 0.15) is 37.1 Å². The molecule has 0 spiro atoms. The first-order valence-corrected chi connectivity index (χ1v) is 11.1. The fraction of sp³-hybridized carbons (Fsp3) is 0.417. The highest BCUT2D eigenvalue weighted by atomic mass is 16.5. The van der Waals surface area contributed by atoms with Gasteiger partial charge in [-0.05, 0) is 57.6 Å². The molecule has 1 saturated carbocycles. The second-order valence-electron chi connectivity index (χ2n) is 8.34. The highest BCUT2D eigenvalue weighted by Crippen LogP contribution is 2.31. The number of aromatic nitrogens is 4. The van der Waals surface area contributed by atoms with Crippen LogP contribution in [0.3, 0.4) is 0 Å². The number of carbonyl (C=O) groups excluding carboxylic acids is 1. The molecule has 0 saturated heterocycles. The van der Waals surface area contributed by atoms with Crippen molar-refractivity contribution in [2.24, 2.45) is 5.92 Å². The van der Waals surface area contributed by atoms with E-state index in [1.165, 1.54) is 0 Å². The Morgan fingerprint density at radius 3 is 2.62 bits per heavy atom. The molecule has 2 N–H and O–H groups in total. The number of methoxy groups -OCH3 is 1. The summed E-state index contributed by atoms with van der Waals surface area (Å²) in [5, 5.41) is 11.0. The number of nitrogens with one attached hydrogen (secondary N) is 2. The van der Waals surface area contributed by atoms with Gasteiger partial charge in [0, 0.05) is 43.3 Å². The van der Waals surface area contributed by atoms with E-state index in [9.17, 15) is 4.79 Å². The molecule has 8 heteroatoms. The molecule has 32 heavy (non-hydrogen) atoms. The van der Waals surface area contributed by atoms with Gasteiger partial charge in [-0.1, -0.05) is 18.2 Å². The molecular weight excluding hydrogens is 404 g/mol. The first kappa shape index (κ1) is 22.0.